The van der Waals surface area contributed by atoms with Crippen LogP contribution in [0.1, 0.15) is 125 Å². The van der Waals surface area contributed by atoms with E-state index in [1.54, 1.807) is 0 Å². The van der Waals surface area contributed by atoms with Crippen LogP contribution in [0.15, 0.2) is 0 Å². The molecule has 4 aliphatic rings. The van der Waals surface area contributed by atoms with Crippen LogP contribution >= 0.6 is 0 Å². The van der Waals surface area contributed by atoms with E-state index in [0.717, 1.165) is 47.3 Å². The number of rotatable bonds is 0. The molecule has 4 rings (SSSR count). The van der Waals surface area contributed by atoms with Crippen LogP contribution in [0.2, 0.25) is 0 Å². The third-order valence-corrected chi connectivity index (χ3v) is 19.2. The van der Waals surface area contributed by atoms with Gasteiger partial charge in [-0.05, 0) is 104 Å². The van der Waals surface area contributed by atoms with Crippen molar-refractivity contribution in [2.45, 2.75) is 125 Å². The second-order valence-corrected chi connectivity index (χ2v) is 17.1. The van der Waals surface area contributed by atoms with Gasteiger partial charge in [0.15, 0.2) is 0 Å². The second-order valence-electron chi connectivity index (χ2n) is 17.1. The monoisotopic (exact) mass is 549 g/mol. The minimum Gasteiger partial charge on any atom is -0.0620 e. The molecule has 0 aromatic heterocycles. The summed E-state index contributed by atoms with van der Waals surface area (Å²) in [5, 5.41) is 0. The second kappa shape index (κ2) is 8.79. The molecule has 0 aromatic carbocycles. The van der Waals surface area contributed by atoms with Crippen molar-refractivity contribution in [3.05, 3.63) is 0 Å². The van der Waals surface area contributed by atoms with E-state index in [1.807, 2.05) is 0 Å². The summed E-state index contributed by atoms with van der Waals surface area (Å²) >= 11 is 0. The molecule has 0 heterocycles. The maximum absolute atomic E-state index is 2.85. The summed E-state index contributed by atoms with van der Waals surface area (Å²) < 4.78 is 0. The predicted molar refractivity (Wildman–Crippen MR) is 159 cm³/mol. The number of fused-ring (bicyclic) bond motifs is 5. The fourth-order valence-electron chi connectivity index (χ4n) is 14.7. The fourth-order valence-corrected chi connectivity index (χ4v) is 14.7. The zero-order valence-corrected chi connectivity index (χ0v) is 29.8. The molecule has 4 fully saturated rings. The summed E-state index contributed by atoms with van der Waals surface area (Å²) in [7, 11) is 0. The molecule has 0 amide bonds. The van der Waals surface area contributed by atoms with Crippen molar-refractivity contribution >= 4 is 0 Å². The van der Waals surface area contributed by atoms with E-state index in [0.29, 0.717) is 45.3 Å². The topological polar surface area (TPSA) is 0 Å². The summed E-state index contributed by atoms with van der Waals surface area (Å²) in [5.74, 6) is 8.88. The van der Waals surface area contributed by atoms with Gasteiger partial charge < -0.3 is 0 Å². The first-order valence-corrected chi connectivity index (χ1v) is 16.2. The average molecular weight is 550 g/mol. The molecule has 1 heteroatoms. The molecule has 1 radical (unpaired) electrons. The van der Waals surface area contributed by atoms with Crippen LogP contribution in [0, 0.1) is 104 Å². The Kier molecular flexibility index (Phi) is 7.63. The molecule has 0 aliphatic heterocycles. The molecule has 0 aromatic rings. The van der Waals surface area contributed by atoms with Crippen LogP contribution < -0.4 is 0 Å². The van der Waals surface area contributed by atoms with Crippen LogP contribution in [0.4, 0.5) is 0 Å². The van der Waals surface area contributed by atoms with Gasteiger partial charge in [0.05, 0.1) is 0 Å². The van der Waals surface area contributed by atoms with Gasteiger partial charge in [0.25, 0.3) is 0 Å². The Bertz CT molecular complexity index is 823. The van der Waals surface area contributed by atoms with E-state index in [1.165, 1.54) is 0 Å². The normalized spacial score (nSPS) is 67.6. The molecule has 0 N–H and O–H groups in total. The standard InChI is InChI=1S/C36H66.V/c1-19-21(3)25(7)33(15)31(13,23(19)5)27(9)29(11)36(18)34(16)26(8)22(4)20(2)24(6)32(34,14)28(10)30(12)35(33,36)17;/h19-30H,1-18H3;. The molecule has 0 bridgehead atoms. The van der Waals surface area contributed by atoms with Crippen molar-refractivity contribution in [2.24, 2.45) is 104 Å². The Morgan fingerprint density at radius 1 is 0.270 bits per heavy atom. The first-order valence-electron chi connectivity index (χ1n) is 16.2. The smallest absolute Gasteiger partial charge is 0 e. The summed E-state index contributed by atoms with van der Waals surface area (Å²) in [6.45, 7) is 48.8. The van der Waals surface area contributed by atoms with E-state index >= 15 is 0 Å². The Morgan fingerprint density at radius 2 is 0.486 bits per heavy atom. The Morgan fingerprint density at radius 3 is 0.730 bits per heavy atom. The van der Waals surface area contributed by atoms with Gasteiger partial charge in [0.2, 0.25) is 0 Å². The summed E-state index contributed by atoms with van der Waals surface area (Å²) in [5.41, 5.74) is 1.80. The van der Waals surface area contributed by atoms with E-state index in [2.05, 4.69) is 125 Å². The summed E-state index contributed by atoms with van der Waals surface area (Å²) in [6.07, 6.45) is 0. The molecule has 0 nitrogen and oxygen atoms in total. The SMILES string of the molecule is CC1C(C)C(C)C2(C)C(C)(C1C)C(C)C(C)C1(C)C3(C)C(C)C(C)C(C)C(C)C3(C)C(C)C(C)C21C.[V]. The van der Waals surface area contributed by atoms with E-state index in [4.69, 9.17) is 0 Å². The van der Waals surface area contributed by atoms with Gasteiger partial charge >= 0.3 is 0 Å². The van der Waals surface area contributed by atoms with Gasteiger partial charge in [-0.3, -0.25) is 0 Å². The average Bonchev–Trinajstić information content (AvgIpc) is 2.86. The first-order chi connectivity index (χ1) is 16.2. The van der Waals surface area contributed by atoms with Crippen molar-refractivity contribution in [3.8, 4) is 0 Å². The summed E-state index contributed by atoms with van der Waals surface area (Å²) in [4.78, 5) is 0. The molecule has 37 heavy (non-hydrogen) atoms. The third-order valence-electron chi connectivity index (χ3n) is 19.2. The largest absolute Gasteiger partial charge is 0.0620 e. The van der Waals surface area contributed by atoms with Crippen molar-refractivity contribution in [2.75, 3.05) is 0 Å². The van der Waals surface area contributed by atoms with Gasteiger partial charge in [-0.2, -0.15) is 0 Å². The van der Waals surface area contributed by atoms with Crippen LogP contribution in [0.25, 0.3) is 0 Å². The first kappa shape index (κ1) is 32.1. The van der Waals surface area contributed by atoms with Crippen molar-refractivity contribution in [1.29, 1.82) is 0 Å². The van der Waals surface area contributed by atoms with Crippen molar-refractivity contribution in [1.82, 2.24) is 0 Å². The van der Waals surface area contributed by atoms with Gasteiger partial charge in [0, 0.05) is 18.6 Å². The Hall–Kier alpha value is 0.584. The maximum atomic E-state index is 2.85. The number of hydrogen-bond acceptors (Lipinski definition) is 0. The molecule has 18 atom stereocenters. The van der Waals surface area contributed by atoms with Gasteiger partial charge in [-0.15, -0.1) is 0 Å². The third kappa shape index (κ3) is 2.77. The minimum absolute atomic E-state index is 0. The molecule has 4 saturated carbocycles. The molecule has 4 aliphatic carbocycles. The molecule has 0 spiro atoms. The van der Waals surface area contributed by atoms with Gasteiger partial charge in [-0.1, -0.05) is 125 Å². The van der Waals surface area contributed by atoms with Crippen molar-refractivity contribution in [3.63, 3.8) is 0 Å². The molecule has 215 valence electrons. The van der Waals surface area contributed by atoms with Gasteiger partial charge in [-0.25, -0.2) is 0 Å². The van der Waals surface area contributed by atoms with E-state index < -0.39 is 0 Å². The van der Waals surface area contributed by atoms with Crippen LogP contribution in [-0.2, 0) is 18.6 Å². The van der Waals surface area contributed by atoms with Crippen LogP contribution in [0.3, 0.4) is 0 Å². The number of hydrogen-bond donors (Lipinski definition) is 0. The predicted octanol–water partition coefficient (Wildman–Crippen LogP) is 10.7. The minimum atomic E-state index is 0. The fraction of sp³-hybridized carbons (Fsp3) is 1.00. The molecular formula is C36H66V. The quantitative estimate of drug-likeness (QED) is 0.282. The molecule has 18 unspecified atom stereocenters. The zero-order valence-electron chi connectivity index (χ0n) is 28.4. The Balaban J connectivity index is 0.00000380. The van der Waals surface area contributed by atoms with Crippen molar-refractivity contribution < 1.29 is 18.6 Å². The maximum Gasteiger partial charge on any atom is 0 e. The van der Waals surface area contributed by atoms with Gasteiger partial charge in [0.1, 0.15) is 0 Å². The molecular weight excluding hydrogens is 483 g/mol. The van der Waals surface area contributed by atoms with E-state index in [-0.39, 0.29) is 29.4 Å². The Labute approximate surface area is 245 Å². The summed E-state index contributed by atoms with van der Waals surface area (Å²) in [6, 6.07) is 0. The zero-order chi connectivity index (χ0) is 27.9. The van der Waals surface area contributed by atoms with Crippen LogP contribution in [-0.4, -0.2) is 0 Å². The van der Waals surface area contributed by atoms with E-state index in [9.17, 15) is 0 Å². The van der Waals surface area contributed by atoms with Crippen LogP contribution in [0.5, 0.6) is 0 Å². The molecule has 0 saturated heterocycles.